The third kappa shape index (κ3) is 10.8. The van der Waals surface area contributed by atoms with Crippen molar-refractivity contribution < 1.29 is 4.79 Å². The molecule has 0 aromatic carbocycles. The number of amides is 1. The molecule has 1 heterocycles. The summed E-state index contributed by atoms with van der Waals surface area (Å²) in [5.41, 5.74) is -0.239. The maximum atomic E-state index is 11.8. The summed E-state index contributed by atoms with van der Waals surface area (Å²) in [6.07, 6.45) is 0.871. The lowest BCUT2D eigenvalue weighted by molar-refractivity contribution is -0.121. The molecule has 1 aromatic heterocycles. The first kappa shape index (κ1) is 22.5. The molecule has 0 aliphatic heterocycles. The highest BCUT2D eigenvalue weighted by atomic mass is 127. The van der Waals surface area contributed by atoms with Gasteiger partial charge >= 0.3 is 0 Å². The van der Waals surface area contributed by atoms with Gasteiger partial charge in [-0.05, 0) is 46.2 Å². The smallest absolute Gasteiger partial charge is 0.242 e. The predicted octanol–water partition coefficient (Wildman–Crippen LogP) is 3.03. The van der Waals surface area contributed by atoms with E-state index in [0.29, 0.717) is 5.96 Å². The Labute approximate surface area is 164 Å². The summed E-state index contributed by atoms with van der Waals surface area (Å²) in [7, 11) is 0. The highest BCUT2D eigenvalue weighted by molar-refractivity contribution is 14.0. The number of carbonyl (C=O) groups is 1. The molecule has 0 aliphatic rings. The van der Waals surface area contributed by atoms with Gasteiger partial charge in [-0.25, -0.2) is 4.99 Å². The molecule has 0 bridgehead atoms. The Morgan fingerprint density at radius 1 is 1.30 bits per heavy atom. The van der Waals surface area contributed by atoms with Gasteiger partial charge in [-0.1, -0.05) is 11.6 Å². The van der Waals surface area contributed by atoms with Gasteiger partial charge in [-0.2, -0.15) is 0 Å². The summed E-state index contributed by atoms with van der Waals surface area (Å²) < 4.78 is 0.800. The van der Waals surface area contributed by atoms with Crippen LogP contribution in [0.5, 0.6) is 0 Å². The first-order valence-electron chi connectivity index (χ1n) is 7.37. The zero-order valence-electron chi connectivity index (χ0n) is 14.0. The van der Waals surface area contributed by atoms with E-state index < -0.39 is 0 Å². The van der Waals surface area contributed by atoms with E-state index in [1.807, 2.05) is 39.8 Å². The number of halogens is 2. The molecular formula is C15H26ClIN4OS. The van der Waals surface area contributed by atoms with E-state index in [2.05, 4.69) is 20.9 Å². The molecule has 132 valence electrons. The molecule has 3 N–H and O–H groups in total. The maximum absolute atomic E-state index is 11.8. The Kier molecular flexibility index (Phi) is 10.8. The molecule has 1 amide bonds. The monoisotopic (exact) mass is 472 g/mol. The largest absolute Gasteiger partial charge is 0.357 e. The average Bonchev–Trinajstić information content (AvgIpc) is 2.80. The number of aliphatic imine (C=N–C) groups is 1. The molecule has 5 nitrogen and oxygen atoms in total. The van der Waals surface area contributed by atoms with Crippen LogP contribution in [0.1, 0.15) is 32.6 Å². The van der Waals surface area contributed by atoms with Crippen molar-refractivity contribution >= 4 is 58.8 Å². The van der Waals surface area contributed by atoms with Crippen LogP contribution in [0.15, 0.2) is 17.1 Å². The van der Waals surface area contributed by atoms with Crippen molar-refractivity contribution in [2.45, 2.75) is 39.7 Å². The fourth-order valence-electron chi connectivity index (χ4n) is 1.74. The predicted molar refractivity (Wildman–Crippen MR) is 110 cm³/mol. The maximum Gasteiger partial charge on any atom is 0.242 e. The Hall–Kier alpha value is -0.540. The van der Waals surface area contributed by atoms with Crippen LogP contribution < -0.4 is 16.0 Å². The minimum absolute atomic E-state index is 0. The van der Waals surface area contributed by atoms with Crippen LogP contribution in [0.3, 0.4) is 0 Å². The van der Waals surface area contributed by atoms with Gasteiger partial charge in [-0.15, -0.1) is 35.3 Å². The van der Waals surface area contributed by atoms with E-state index in [4.69, 9.17) is 11.6 Å². The number of guanidine groups is 1. The van der Waals surface area contributed by atoms with Gasteiger partial charge in [0.1, 0.15) is 6.54 Å². The molecule has 0 unspecified atom stereocenters. The number of hydrogen-bond acceptors (Lipinski definition) is 3. The molecule has 0 saturated carbocycles. The van der Waals surface area contributed by atoms with Crippen molar-refractivity contribution in [1.82, 2.24) is 16.0 Å². The van der Waals surface area contributed by atoms with Crippen LogP contribution in [0.25, 0.3) is 0 Å². The normalized spacial score (nSPS) is 11.6. The summed E-state index contributed by atoms with van der Waals surface area (Å²) >= 11 is 7.48. The van der Waals surface area contributed by atoms with E-state index >= 15 is 0 Å². The summed E-state index contributed by atoms with van der Waals surface area (Å²) in [5.74, 6) is 0.559. The van der Waals surface area contributed by atoms with Crippen molar-refractivity contribution in [2.24, 2.45) is 4.99 Å². The van der Waals surface area contributed by atoms with Gasteiger partial charge in [0.25, 0.3) is 0 Å². The van der Waals surface area contributed by atoms with E-state index in [9.17, 15) is 4.79 Å². The van der Waals surface area contributed by atoms with Crippen molar-refractivity contribution in [3.8, 4) is 0 Å². The highest BCUT2D eigenvalue weighted by Crippen LogP contribution is 2.21. The van der Waals surface area contributed by atoms with Crippen molar-refractivity contribution in [3.63, 3.8) is 0 Å². The molecule has 8 heteroatoms. The van der Waals surface area contributed by atoms with E-state index in [0.717, 1.165) is 23.8 Å². The Morgan fingerprint density at radius 2 is 2.00 bits per heavy atom. The number of nitrogens with zero attached hydrogens (tertiary/aromatic N) is 1. The van der Waals surface area contributed by atoms with Crippen molar-refractivity contribution in [2.75, 3.05) is 19.6 Å². The third-order valence-corrected chi connectivity index (χ3v) is 3.82. The molecule has 23 heavy (non-hydrogen) atoms. The summed E-state index contributed by atoms with van der Waals surface area (Å²) in [6, 6.07) is 3.92. The minimum Gasteiger partial charge on any atom is -0.357 e. The molecular weight excluding hydrogens is 447 g/mol. The number of carbonyl (C=O) groups excluding carboxylic acids is 1. The van der Waals surface area contributed by atoms with Crippen molar-refractivity contribution in [3.05, 3.63) is 21.3 Å². The molecule has 0 aliphatic carbocycles. The topological polar surface area (TPSA) is 65.5 Å². The SMILES string of the molecule is CCNC(=NCC(=O)NC(C)(C)C)NCCc1ccc(Cl)s1.I. The van der Waals surface area contributed by atoms with Gasteiger partial charge in [0.2, 0.25) is 5.91 Å². The summed E-state index contributed by atoms with van der Waals surface area (Å²) in [5, 5.41) is 9.23. The Morgan fingerprint density at radius 3 is 2.52 bits per heavy atom. The van der Waals surface area contributed by atoms with Gasteiger partial charge in [-0.3, -0.25) is 4.79 Å². The number of nitrogens with one attached hydrogen (secondary N) is 3. The van der Waals surface area contributed by atoms with Gasteiger partial charge in [0.05, 0.1) is 4.34 Å². The molecule has 0 atom stereocenters. The summed E-state index contributed by atoms with van der Waals surface area (Å²) in [6.45, 7) is 9.43. The first-order chi connectivity index (χ1) is 10.3. The number of thiophene rings is 1. The van der Waals surface area contributed by atoms with Gasteiger partial charge in [0.15, 0.2) is 5.96 Å². The van der Waals surface area contributed by atoms with E-state index in [-0.39, 0.29) is 42.0 Å². The number of hydrogen-bond donors (Lipinski definition) is 3. The van der Waals surface area contributed by atoms with Crippen LogP contribution in [-0.4, -0.2) is 37.0 Å². The van der Waals surface area contributed by atoms with Gasteiger partial charge in [0, 0.05) is 23.5 Å². The molecule has 0 fully saturated rings. The first-order valence-corrected chi connectivity index (χ1v) is 8.57. The quantitative estimate of drug-likeness (QED) is 0.339. The zero-order chi connectivity index (χ0) is 16.6. The van der Waals surface area contributed by atoms with Gasteiger partial charge < -0.3 is 16.0 Å². The van der Waals surface area contributed by atoms with Crippen LogP contribution in [0.2, 0.25) is 4.34 Å². The minimum atomic E-state index is -0.239. The van der Waals surface area contributed by atoms with Crippen LogP contribution in [-0.2, 0) is 11.2 Å². The second-order valence-electron chi connectivity index (χ2n) is 5.88. The van der Waals surface area contributed by atoms with Crippen LogP contribution in [0, 0.1) is 0 Å². The lowest BCUT2D eigenvalue weighted by Gasteiger charge is -2.20. The highest BCUT2D eigenvalue weighted by Gasteiger charge is 2.13. The molecule has 0 spiro atoms. The molecule has 0 saturated heterocycles. The van der Waals surface area contributed by atoms with E-state index in [1.54, 1.807) is 11.3 Å². The fourth-order valence-corrected chi connectivity index (χ4v) is 2.83. The fraction of sp³-hybridized carbons (Fsp3) is 0.600. The second kappa shape index (κ2) is 11.1. The lowest BCUT2D eigenvalue weighted by atomic mass is 10.1. The molecule has 1 aromatic rings. The van der Waals surface area contributed by atoms with E-state index in [1.165, 1.54) is 4.88 Å². The molecule has 1 rings (SSSR count). The Bertz CT molecular complexity index is 514. The third-order valence-electron chi connectivity index (χ3n) is 2.53. The number of rotatable bonds is 6. The second-order valence-corrected chi connectivity index (χ2v) is 7.68. The Balaban J connectivity index is 0.00000484. The van der Waals surface area contributed by atoms with Crippen LogP contribution in [0.4, 0.5) is 0 Å². The lowest BCUT2D eigenvalue weighted by Crippen LogP contribution is -2.43. The average molecular weight is 473 g/mol. The van der Waals surface area contributed by atoms with Crippen LogP contribution >= 0.6 is 46.9 Å². The zero-order valence-corrected chi connectivity index (χ0v) is 17.9. The standard InChI is InChI=1S/C15H25ClN4OS.HI/c1-5-17-14(19-10-13(21)20-15(2,3)4)18-9-8-11-6-7-12(16)22-11;/h6-7H,5,8-10H2,1-4H3,(H,20,21)(H2,17,18,19);1H. The molecule has 0 radical (unpaired) electrons. The van der Waals surface area contributed by atoms with Crippen molar-refractivity contribution in [1.29, 1.82) is 0 Å². The summed E-state index contributed by atoms with van der Waals surface area (Å²) in [4.78, 5) is 17.3.